The molecule has 2 aromatic carbocycles. The van der Waals surface area contributed by atoms with Gasteiger partial charge in [-0.1, -0.05) is 48.5 Å². The van der Waals surface area contributed by atoms with E-state index < -0.39 is 30.1 Å². The first-order valence-electron chi connectivity index (χ1n) is 10.7. The van der Waals surface area contributed by atoms with E-state index in [2.05, 4.69) is 10.6 Å². The minimum absolute atomic E-state index is 0.0564. The van der Waals surface area contributed by atoms with Gasteiger partial charge in [0, 0.05) is 18.9 Å². The summed E-state index contributed by atoms with van der Waals surface area (Å²) in [5, 5.41) is 23.2. The number of aliphatic hydroxyl groups excluding tert-OH is 1. The minimum Gasteiger partial charge on any atom is -0.480 e. The van der Waals surface area contributed by atoms with Crippen molar-refractivity contribution in [2.75, 3.05) is 13.2 Å². The van der Waals surface area contributed by atoms with Crippen molar-refractivity contribution >= 4 is 18.0 Å². The van der Waals surface area contributed by atoms with Crippen molar-refractivity contribution in [3.05, 3.63) is 59.7 Å². The normalized spacial score (nSPS) is 16.4. The van der Waals surface area contributed by atoms with Gasteiger partial charge >= 0.3 is 12.1 Å². The Labute approximate surface area is 185 Å². The van der Waals surface area contributed by atoms with E-state index >= 15 is 0 Å². The Morgan fingerprint density at radius 2 is 1.56 bits per heavy atom. The number of ether oxygens (including phenoxy) is 1. The topological polar surface area (TPSA) is 125 Å². The lowest BCUT2D eigenvalue weighted by Crippen LogP contribution is -2.53. The Morgan fingerprint density at radius 1 is 0.969 bits per heavy atom. The molecule has 8 nitrogen and oxygen atoms in total. The van der Waals surface area contributed by atoms with E-state index in [4.69, 9.17) is 9.84 Å². The van der Waals surface area contributed by atoms with Crippen LogP contribution in [0.25, 0.3) is 11.1 Å². The van der Waals surface area contributed by atoms with Crippen molar-refractivity contribution < 1.29 is 29.3 Å². The van der Waals surface area contributed by atoms with Crippen LogP contribution in [0.15, 0.2) is 48.5 Å². The minimum atomic E-state index is -1.23. The molecular formula is C24H26N2O6. The lowest BCUT2D eigenvalue weighted by molar-refractivity contribution is -0.142. The fourth-order valence-corrected chi connectivity index (χ4v) is 4.24. The Bertz CT molecular complexity index is 974. The lowest BCUT2D eigenvalue weighted by atomic mass is 9.98. The summed E-state index contributed by atoms with van der Waals surface area (Å²) in [6.45, 7) is -0.244. The van der Waals surface area contributed by atoms with E-state index in [0.717, 1.165) is 35.1 Å². The third-order valence-electron chi connectivity index (χ3n) is 6.03. The van der Waals surface area contributed by atoms with Gasteiger partial charge in [-0.15, -0.1) is 0 Å². The third kappa shape index (κ3) is 4.60. The summed E-state index contributed by atoms with van der Waals surface area (Å²) in [5.74, 6) is -1.97. The van der Waals surface area contributed by atoms with Gasteiger partial charge in [0.05, 0.1) is 0 Å². The maximum atomic E-state index is 12.6. The van der Waals surface area contributed by atoms with Gasteiger partial charge in [0.15, 0.2) is 0 Å². The van der Waals surface area contributed by atoms with Gasteiger partial charge in [0.1, 0.15) is 18.7 Å². The molecule has 2 aliphatic carbocycles. The van der Waals surface area contributed by atoms with Crippen LogP contribution in [0.5, 0.6) is 0 Å². The van der Waals surface area contributed by atoms with Crippen molar-refractivity contribution in [2.45, 2.75) is 37.3 Å². The number of fused-ring (bicyclic) bond motifs is 3. The average Bonchev–Trinajstić information content (AvgIpc) is 3.58. The lowest BCUT2D eigenvalue weighted by Gasteiger charge is -2.21. The maximum absolute atomic E-state index is 12.6. The first-order chi connectivity index (χ1) is 15.5. The number of carboxylic acid groups (broad SMARTS) is 1. The number of carbonyl (C=O) groups is 3. The van der Waals surface area contributed by atoms with E-state index in [0.29, 0.717) is 0 Å². The second kappa shape index (κ2) is 9.40. The molecule has 1 unspecified atom stereocenters. The largest absolute Gasteiger partial charge is 0.480 e. The molecule has 168 valence electrons. The van der Waals surface area contributed by atoms with Gasteiger partial charge in [0.2, 0.25) is 5.91 Å². The SMILES string of the molecule is O=C(NC(C(=O)N[C@H](CCO)C(=O)O)C1CC1)OCC1c2ccccc2-c2ccccc21. The number of aliphatic hydroxyl groups is 1. The molecule has 2 atom stereocenters. The Morgan fingerprint density at radius 3 is 2.09 bits per heavy atom. The van der Waals surface area contributed by atoms with Crippen LogP contribution in [0, 0.1) is 5.92 Å². The number of alkyl carbamates (subject to hydrolysis) is 1. The number of carboxylic acids is 1. The Hall–Kier alpha value is -3.39. The Balaban J connectivity index is 1.40. The number of carbonyl (C=O) groups excluding carboxylic acids is 2. The molecule has 8 heteroatoms. The number of hydrogen-bond donors (Lipinski definition) is 4. The summed E-state index contributed by atoms with van der Waals surface area (Å²) in [7, 11) is 0. The van der Waals surface area contributed by atoms with Crippen molar-refractivity contribution in [3.63, 3.8) is 0 Å². The van der Waals surface area contributed by atoms with Gasteiger partial charge < -0.3 is 25.6 Å². The van der Waals surface area contributed by atoms with E-state index in [1.165, 1.54) is 0 Å². The summed E-state index contributed by atoms with van der Waals surface area (Å²) in [5.41, 5.74) is 4.42. The van der Waals surface area contributed by atoms with Gasteiger partial charge in [-0.05, 0) is 41.0 Å². The van der Waals surface area contributed by atoms with Crippen LogP contribution >= 0.6 is 0 Å². The van der Waals surface area contributed by atoms with Crippen molar-refractivity contribution in [1.29, 1.82) is 0 Å². The Kier molecular flexibility index (Phi) is 6.41. The molecule has 4 N–H and O–H groups in total. The number of aliphatic carboxylic acids is 1. The fourth-order valence-electron chi connectivity index (χ4n) is 4.24. The van der Waals surface area contributed by atoms with Gasteiger partial charge in [-0.2, -0.15) is 0 Å². The van der Waals surface area contributed by atoms with E-state index in [1.807, 2.05) is 48.5 Å². The summed E-state index contributed by atoms with van der Waals surface area (Å²) in [6.07, 6.45) is 0.704. The van der Waals surface area contributed by atoms with Crippen molar-refractivity contribution in [3.8, 4) is 11.1 Å². The molecule has 0 aliphatic heterocycles. The molecule has 1 fully saturated rings. The number of hydrogen-bond acceptors (Lipinski definition) is 5. The number of amides is 2. The van der Waals surface area contributed by atoms with E-state index in [-0.39, 0.29) is 31.5 Å². The molecule has 0 saturated heterocycles. The summed E-state index contributed by atoms with van der Waals surface area (Å²) < 4.78 is 5.51. The van der Waals surface area contributed by atoms with Crippen LogP contribution < -0.4 is 10.6 Å². The second-order valence-electron chi connectivity index (χ2n) is 8.20. The van der Waals surface area contributed by atoms with E-state index in [1.54, 1.807) is 0 Å². The highest BCUT2D eigenvalue weighted by Crippen LogP contribution is 2.44. The number of nitrogens with one attached hydrogen (secondary N) is 2. The van der Waals surface area contributed by atoms with Crippen LogP contribution in [0.4, 0.5) is 4.79 Å². The van der Waals surface area contributed by atoms with Crippen LogP contribution in [0.3, 0.4) is 0 Å². The molecule has 0 heterocycles. The van der Waals surface area contributed by atoms with Gasteiger partial charge in [-0.3, -0.25) is 4.79 Å². The second-order valence-corrected chi connectivity index (χ2v) is 8.20. The zero-order chi connectivity index (χ0) is 22.7. The van der Waals surface area contributed by atoms with E-state index in [9.17, 15) is 19.5 Å². The molecule has 32 heavy (non-hydrogen) atoms. The molecule has 0 aromatic heterocycles. The summed E-state index contributed by atoms with van der Waals surface area (Å²) in [6, 6.07) is 13.9. The quantitative estimate of drug-likeness (QED) is 0.476. The highest BCUT2D eigenvalue weighted by atomic mass is 16.5. The third-order valence-corrected chi connectivity index (χ3v) is 6.03. The zero-order valence-electron chi connectivity index (χ0n) is 17.5. The van der Waals surface area contributed by atoms with Crippen LogP contribution in [0.2, 0.25) is 0 Å². The van der Waals surface area contributed by atoms with Crippen molar-refractivity contribution in [2.24, 2.45) is 5.92 Å². The number of rotatable bonds is 9. The highest BCUT2D eigenvalue weighted by Gasteiger charge is 2.39. The predicted molar refractivity (Wildman–Crippen MR) is 116 cm³/mol. The first-order valence-corrected chi connectivity index (χ1v) is 10.7. The molecule has 0 radical (unpaired) electrons. The molecule has 1 saturated carbocycles. The van der Waals surface area contributed by atoms with Crippen LogP contribution in [-0.4, -0.2) is 53.5 Å². The zero-order valence-corrected chi connectivity index (χ0v) is 17.5. The molecular weight excluding hydrogens is 412 g/mol. The fraction of sp³-hybridized carbons (Fsp3) is 0.375. The smallest absolute Gasteiger partial charge is 0.407 e. The monoisotopic (exact) mass is 438 g/mol. The maximum Gasteiger partial charge on any atom is 0.407 e. The summed E-state index contributed by atoms with van der Waals surface area (Å²) >= 11 is 0. The predicted octanol–water partition coefficient (Wildman–Crippen LogP) is 2.26. The molecule has 0 spiro atoms. The van der Waals surface area contributed by atoms with Crippen molar-refractivity contribution in [1.82, 2.24) is 10.6 Å². The molecule has 0 bridgehead atoms. The van der Waals surface area contributed by atoms with Gasteiger partial charge in [-0.25, -0.2) is 9.59 Å². The standard InChI is InChI=1S/C24H26N2O6/c27-12-11-20(23(29)30)25-22(28)21(14-9-10-14)26-24(31)32-13-19-17-7-3-1-5-15(17)16-6-2-4-8-18(16)19/h1-8,14,19-21,27H,9-13H2,(H,25,28)(H,26,31)(H,29,30)/t20-,21?/m1/s1. The van der Waals surface area contributed by atoms with Gasteiger partial charge in [0.25, 0.3) is 0 Å². The average molecular weight is 438 g/mol. The van der Waals surface area contributed by atoms with Crippen LogP contribution in [-0.2, 0) is 14.3 Å². The molecule has 2 aliphatic rings. The molecule has 2 amide bonds. The first kappa shape index (κ1) is 21.8. The molecule has 4 rings (SSSR count). The summed E-state index contributed by atoms with van der Waals surface area (Å²) in [4.78, 5) is 36.4. The number of benzene rings is 2. The van der Waals surface area contributed by atoms with Crippen LogP contribution in [0.1, 0.15) is 36.3 Å². The highest BCUT2D eigenvalue weighted by molar-refractivity contribution is 5.89. The molecule has 2 aromatic rings.